The largest absolute Gasteiger partial charge is 0.507 e. The second kappa shape index (κ2) is 10.0. The monoisotopic (exact) mass is 480 g/mol. The molecular formula is C26H25FN2O6. The van der Waals surface area contributed by atoms with Gasteiger partial charge in [0.2, 0.25) is 0 Å². The lowest BCUT2D eigenvalue weighted by atomic mass is 9.95. The number of carbonyl (C=O) groups is 2. The fourth-order valence-corrected chi connectivity index (χ4v) is 3.91. The molecule has 0 bridgehead atoms. The summed E-state index contributed by atoms with van der Waals surface area (Å²) in [6.07, 6.45) is 1.84. The zero-order valence-corrected chi connectivity index (χ0v) is 19.6. The van der Waals surface area contributed by atoms with E-state index in [0.717, 1.165) is 25.0 Å². The Morgan fingerprint density at radius 2 is 1.89 bits per heavy atom. The summed E-state index contributed by atoms with van der Waals surface area (Å²) in [5, 5.41) is 15.0. The predicted molar refractivity (Wildman–Crippen MR) is 126 cm³/mol. The fraction of sp³-hybridized carbons (Fsp3) is 0.269. The minimum absolute atomic E-state index is 0.120. The van der Waals surface area contributed by atoms with Crippen LogP contribution < -0.4 is 14.4 Å². The maximum atomic E-state index is 13.5. The van der Waals surface area contributed by atoms with Crippen molar-refractivity contribution < 1.29 is 33.1 Å². The highest BCUT2D eigenvalue weighted by atomic mass is 19.1. The van der Waals surface area contributed by atoms with Gasteiger partial charge in [-0.3, -0.25) is 14.5 Å². The zero-order valence-electron chi connectivity index (χ0n) is 19.6. The van der Waals surface area contributed by atoms with Crippen LogP contribution in [-0.4, -0.2) is 35.7 Å². The molecule has 9 heteroatoms. The molecule has 8 nitrogen and oxygen atoms in total. The Kier molecular flexibility index (Phi) is 6.86. The number of benzene rings is 2. The van der Waals surface area contributed by atoms with Crippen LogP contribution in [0.3, 0.4) is 0 Å². The number of nitrogens with zero attached hydrogens (tertiary/aromatic N) is 2. The molecule has 3 aromatic rings. The minimum Gasteiger partial charge on any atom is -0.507 e. The summed E-state index contributed by atoms with van der Waals surface area (Å²) in [7, 11) is 1.49. The number of halogens is 1. The number of unbranched alkanes of at least 4 members (excludes halogenated alkanes) is 1. The number of hydrogen-bond acceptors (Lipinski definition) is 7. The number of aliphatic hydroxyl groups excluding tert-OH is 1. The molecule has 4 rings (SSSR count). The zero-order chi connectivity index (χ0) is 25.1. The molecule has 35 heavy (non-hydrogen) atoms. The molecule has 0 aliphatic carbocycles. The molecule has 1 saturated heterocycles. The van der Waals surface area contributed by atoms with Crippen LogP contribution in [-0.2, 0) is 9.59 Å². The van der Waals surface area contributed by atoms with Crippen molar-refractivity contribution in [1.29, 1.82) is 0 Å². The number of Topliss-reactive ketones (excluding diaryl/α,β-unsaturated/α-hetero) is 1. The first-order valence-electron chi connectivity index (χ1n) is 11.2. The molecule has 1 fully saturated rings. The number of ketones is 1. The highest BCUT2D eigenvalue weighted by molar-refractivity contribution is 6.51. The summed E-state index contributed by atoms with van der Waals surface area (Å²) in [6.45, 7) is 4.22. The van der Waals surface area contributed by atoms with Gasteiger partial charge in [-0.1, -0.05) is 24.6 Å². The van der Waals surface area contributed by atoms with Crippen molar-refractivity contribution in [3.63, 3.8) is 0 Å². The average molecular weight is 480 g/mol. The normalized spacial score (nSPS) is 17.1. The van der Waals surface area contributed by atoms with Gasteiger partial charge >= 0.3 is 5.91 Å². The second-order valence-electron chi connectivity index (χ2n) is 8.08. The molecule has 0 radical (unpaired) electrons. The van der Waals surface area contributed by atoms with E-state index in [1.165, 1.54) is 30.2 Å². The van der Waals surface area contributed by atoms with Gasteiger partial charge in [0.25, 0.3) is 5.78 Å². The summed E-state index contributed by atoms with van der Waals surface area (Å²) in [6, 6.07) is 10.5. The number of hydrogen-bond donors (Lipinski definition) is 1. The van der Waals surface area contributed by atoms with E-state index in [1.54, 1.807) is 25.1 Å². The van der Waals surface area contributed by atoms with E-state index in [2.05, 4.69) is 12.1 Å². The third-order valence-corrected chi connectivity index (χ3v) is 5.68. The van der Waals surface area contributed by atoms with Crippen molar-refractivity contribution >= 4 is 23.3 Å². The number of anilines is 1. The smallest absolute Gasteiger partial charge is 0.301 e. The van der Waals surface area contributed by atoms with Gasteiger partial charge in [0.15, 0.2) is 17.3 Å². The Labute approximate surface area is 201 Å². The fourth-order valence-electron chi connectivity index (χ4n) is 3.91. The van der Waals surface area contributed by atoms with Crippen LogP contribution in [0.15, 0.2) is 58.6 Å². The first-order chi connectivity index (χ1) is 16.8. The van der Waals surface area contributed by atoms with Crippen LogP contribution in [0, 0.1) is 12.7 Å². The van der Waals surface area contributed by atoms with Crippen LogP contribution in [0.2, 0.25) is 0 Å². The SMILES string of the molecule is CCCCOc1ccc([C@H]2/C(=C(\O)c3ccc(F)cc3)C(=O)C(=O)N2c2cc(C)on2)cc1OC. The molecule has 1 N–H and O–H groups in total. The third-order valence-electron chi connectivity index (χ3n) is 5.68. The first kappa shape index (κ1) is 24.0. The van der Waals surface area contributed by atoms with Crippen LogP contribution in [0.1, 0.15) is 42.7 Å². The number of ether oxygens (including phenoxy) is 2. The van der Waals surface area contributed by atoms with Crippen LogP contribution >= 0.6 is 0 Å². The van der Waals surface area contributed by atoms with Crippen molar-refractivity contribution in [2.24, 2.45) is 0 Å². The van der Waals surface area contributed by atoms with E-state index < -0.39 is 29.3 Å². The number of aliphatic hydroxyl groups is 1. The van der Waals surface area contributed by atoms with Gasteiger partial charge in [-0.15, -0.1) is 0 Å². The Bertz CT molecular complexity index is 1280. The van der Waals surface area contributed by atoms with Gasteiger partial charge in [-0.05, 0) is 55.3 Å². The summed E-state index contributed by atoms with van der Waals surface area (Å²) in [5.74, 6) is -1.24. The van der Waals surface area contributed by atoms with E-state index >= 15 is 0 Å². The van der Waals surface area contributed by atoms with Crippen LogP contribution in [0.4, 0.5) is 10.2 Å². The number of aromatic nitrogens is 1. The molecule has 1 aliphatic rings. The van der Waals surface area contributed by atoms with E-state index in [9.17, 15) is 19.1 Å². The van der Waals surface area contributed by atoms with Crippen LogP contribution in [0.5, 0.6) is 11.5 Å². The maximum absolute atomic E-state index is 13.5. The molecule has 182 valence electrons. The van der Waals surface area contributed by atoms with Gasteiger partial charge in [-0.2, -0.15) is 0 Å². The molecule has 2 aromatic carbocycles. The Hall–Kier alpha value is -4.14. The molecule has 0 unspecified atom stereocenters. The van der Waals surface area contributed by atoms with Crippen molar-refractivity contribution in [3.05, 3.63) is 76.8 Å². The van der Waals surface area contributed by atoms with Crippen molar-refractivity contribution in [1.82, 2.24) is 5.16 Å². The lowest BCUT2D eigenvalue weighted by Gasteiger charge is -2.23. The van der Waals surface area contributed by atoms with Gasteiger partial charge in [0.1, 0.15) is 17.3 Å². The molecule has 1 amide bonds. The summed E-state index contributed by atoms with van der Waals surface area (Å²) < 4.78 is 29.9. The molecule has 1 aliphatic heterocycles. The van der Waals surface area contributed by atoms with Gasteiger partial charge in [0.05, 0.1) is 25.3 Å². The molecule has 0 saturated carbocycles. The van der Waals surface area contributed by atoms with Gasteiger partial charge in [0, 0.05) is 11.6 Å². The summed E-state index contributed by atoms with van der Waals surface area (Å²) in [4.78, 5) is 27.5. The Morgan fingerprint density at radius 1 is 1.14 bits per heavy atom. The highest BCUT2D eigenvalue weighted by Crippen LogP contribution is 2.44. The van der Waals surface area contributed by atoms with Crippen LogP contribution in [0.25, 0.3) is 5.76 Å². The summed E-state index contributed by atoms with van der Waals surface area (Å²) >= 11 is 0. The number of rotatable bonds is 8. The average Bonchev–Trinajstić information content (AvgIpc) is 3.39. The van der Waals surface area contributed by atoms with Crippen molar-refractivity contribution in [3.8, 4) is 11.5 Å². The molecular weight excluding hydrogens is 455 g/mol. The van der Waals surface area contributed by atoms with Crippen molar-refractivity contribution in [2.45, 2.75) is 32.7 Å². The number of methoxy groups -OCH3 is 1. The molecule has 0 spiro atoms. The molecule has 1 atom stereocenters. The lowest BCUT2D eigenvalue weighted by molar-refractivity contribution is -0.132. The second-order valence-corrected chi connectivity index (χ2v) is 8.08. The standard InChI is InChI=1S/C26H25FN2O6/c1-4-5-12-34-19-11-8-17(14-20(19)33-3)23-22(24(30)16-6-9-18(27)10-7-16)25(31)26(32)29(23)21-13-15(2)35-28-21/h6-11,13-14,23,30H,4-5,12H2,1-3H3/b24-22+/t23-/m0/s1. The summed E-state index contributed by atoms with van der Waals surface area (Å²) in [5.41, 5.74) is 0.509. The third kappa shape index (κ3) is 4.62. The predicted octanol–water partition coefficient (Wildman–Crippen LogP) is 4.94. The van der Waals surface area contributed by atoms with E-state index in [0.29, 0.717) is 29.4 Å². The number of carbonyl (C=O) groups excluding carboxylic acids is 2. The quantitative estimate of drug-likeness (QED) is 0.211. The van der Waals surface area contributed by atoms with Gasteiger partial charge < -0.3 is 19.1 Å². The highest BCUT2D eigenvalue weighted by Gasteiger charge is 2.48. The molecule has 1 aromatic heterocycles. The maximum Gasteiger partial charge on any atom is 0.301 e. The van der Waals surface area contributed by atoms with E-state index in [1.807, 2.05) is 0 Å². The number of aryl methyl sites for hydroxylation is 1. The van der Waals surface area contributed by atoms with Gasteiger partial charge in [-0.25, -0.2) is 4.39 Å². The van der Waals surface area contributed by atoms with E-state index in [-0.39, 0.29) is 17.0 Å². The Morgan fingerprint density at radius 3 is 2.51 bits per heavy atom. The topological polar surface area (TPSA) is 102 Å². The molecule has 2 heterocycles. The van der Waals surface area contributed by atoms with E-state index in [4.69, 9.17) is 14.0 Å². The lowest BCUT2D eigenvalue weighted by Crippen LogP contribution is -2.29. The first-order valence-corrected chi connectivity index (χ1v) is 11.2. The van der Waals surface area contributed by atoms with Crippen molar-refractivity contribution in [2.75, 3.05) is 18.6 Å². The number of amides is 1. The Balaban J connectivity index is 1.87. The minimum atomic E-state index is -1.04.